The molecule has 1 fully saturated rings. The van der Waals surface area contributed by atoms with Gasteiger partial charge >= 0.3 is 0 Å². The molecule has 0 unspecified atom stereocenters. The second-order valence-corrected chi connectivity index (χ2v) is 6.06. The quantitative estimate of drug-likeness (QED) is 0.892. The third-order valence-electron chi connectivity index (χ3n) is 4.77. The number of rotatable bonds is 4. The van der Waals surface area contributed by atoms with Gasteiger partial charge in [-0.25, -0.2) is 0 Å². The van der Waals surface area contributed by atoms with Crippen LogP contribution in [-0.4, -0.2) is 26.7 Å². The van der Waals surface area contributed by atoms with Gasteiger partial charge in [-0.1, -0.05) is 6.07 Å². The van der Waals surface area contributed by atoms with Crippen LogP contribution in [0.1, 0.15) is 36.0 Å². The highest BCUT2D eigenvalue weighted by atomic mass is 15.1. The fourth-order valence-electron chi connectivity index (χ4n) is 3.02. The average Bonchev–Trinajstić information content (AvgIpc) is 2.43. The molecule has 106 valence electrons. The molecule has 0 aromatic heterocycles. The van der Waals surface area contributed by atoms with Crippen molar-refractivity contribution in [3.05, 3.63) is 28.8 Å². The molecule has 1 heterocycles. The molecule has 0 amide bonds. The Hall–Kier alpha value is -1.02. The average molecular weight is 260 g/mol. The summed E-state index contributed by atoms with van der Waals surface area (Å²) in [5, 5.41) is 3.44. The van der Waals surface area contributed by atoms with Gasteiger partial charge in [-0.05, 0) is 81.8 Å². The fourth-order valence-corrected chi connectivity index (χ4v) is 3.02. The third-order valence-corrected chi connectivity index (χ3v) is 4.77. The van der Waals surface area contributed by atoms with Crippen LogP contribution in [0.4, 0.5) is 5.69 Å². The molecule has 0 saturated carbocycles. The molecule has 2 rings (SSSR count). The Morgan fingerprint density at radius 1 is 1.11 bits per heavy atom. The summed E-state index contributed by atoms with van der Waals surface area (Å²) >= 11 is 0. The molecule has 1 saturated heterocycles. The van der Waals surface area contributed by atoms with Crippen molar-refractivity contribution in [3.63, 3.8) is 0 Å². The van der Waals surface area contributed by atoms with E-state index >= 15 is 0 Å². The minimum atomic E-state index is 0.913. The van der Waals surface area contributed by atoms with Crippen LogP contribution in [0.2, 0.25) is 0 Å². The molecular formula is C17H28N2. The first-order chi connectivity index (χ1) is 9.09. The molecule has 1 aromatic rings. The van der Waals surface area contributed by atoms with Crippen LogP contribution < -0.4 is 10.2 Å². The van der Waals surface area contributed by atoms with E-state index < -0.39 is 0 Å². The summed E-state index contributed by atoms with van der Waals surface area (Å²) in [6.45, 7) is 10.3. The minimum Gasteiger partial charge on any atom is -0.374 e. The predicted octanol–water partition coefficient (Wildman–Crippen LogP) is 3.44. The summed E-state index contributed by atoms with van der Waals surface area (Å²) < 4.78 is 0. The van der Waals surface area contributed by atoms with Gasteiger partial charge in [-0.3, -0.25) is 0 Å². The van der Waals surface area contributed by atoms with Gasteiger partial charge in [0.2, 0.25) is 0 Å². The van der Waals surface area contributed by atoms with Crippen molar-refractivity contribution in [2.75, 3.05) is 31.6 Å². The predicted molar refractivity (Wildman–Crippen MR) is 84.1 cm³/mol. The Balaban J connectivity index is 1.95. The minimum absolute atomic E-state index is 0.913. The summed E-state index contributed by atoms with van der Waals surface area (Å²) in [5.41, 5.74) is 5.67. The number of piperidine rings is 1. The number of benzene rings is 1. The molecule has 0 aliphatic carbocycles. The van der Waals surface area contributed by atoms with E-state index in [-0.39, 0.29) is 0 Å². The zero-order valence-corrected chi connectivity index (χ0v) is 12.9. The SMILES string of the molecule is Cc1ccc(N(C)CCC2CCNCC2)c(C)c1C. The van der Waals surface area contributed by atoms with Crippen LogP contribution in [0, 0.1) is 26.7 Å². The molecule has 0 spiro atoms. The van der Waals surface area contributed by atoms with Crippen LogP contribution >= 0.6 is 0 Å². The van der Waals surface area contributed by atoms with Crippen molar-refractivity contribution >= 4 is 5.69 Å². The highest BCUT2D eigenvalue weighted by Crippen LogP contribution is 2.25. The largest absolute Gasteiger partial charge is 0.374 e. The Kier molecular flexibility index (Phi) is 4.87. The molecule has 0 radical (unpaired) electrons. The van der Waals surface area contributed by atoms with Crippen LogP contribution in [0.3, 0.4) is 0 Å². The zero-order valence-electron chi connectivity index (χ0n) is 12.9. The highest BCUT2D eigenvalue weighted by molar-refractivity contribution is 5.57. The number of aryl methyl sites for hydroxylation is 1. The van der Waals surface area contributed by atoms with Crippen LogP contribution in [0.25, 0.3) is 0 Å². The molecule has 1 aromatic carbocycles. The molecule has 19 heavy (non-hydrogen) atoms. The normalized spacial score (nSPS) is 16.6. The molecule has 2 heteroatoms. The van der Waals surface area contributed by atoms with Gasteiger partial charge in [0.25, 0.3) is 0 Å². The number of anilines is 1. The topological polar surface area (TPSA) is 15.3 Å². The van der Waals surface area contributed by atoms with Crippen molar-refractivity contribution in [1.29, 1.82) is 0 Å². The zero-order chi connectivity index (χ0) is 13.8. The van der Waals surface area contributed by atoms with Gasteiger partial charge in [-0.2, -0.15) is 0 Å². The Bertz CT molecular complexity index is 420. The summed E-state index contributed by atoms with van der Waals surface area (Å²) in [6.07, 6.45) is 4.02. The Labute approximate surface area is 118 Å². The highest BCUT2D eigenvalue weighted by Gasteiger charge is 2.14. The van der Waals surface area contributed by atoms with Gasteiger partial charge in [-0.15, -0.1) is 0 Å². The van der Waals surface area contributed by atoms with Crippen LogP contribution in [-0.2, 0) is 0 Å². The third kappa shape index (κ3) is 3.50. The standard InChI is InChI=1S/C17H28N2/c1-13-5-6-17(15(3)14(13)2)19(4)12-9-16-7-10-18-11-8-16/h5-6,16,18H,7-12H2,1-4H3. The lowest BCUT2D eigenvalue weighted by Crippen LogP contribution is -2.30. The fraction of sp³-hybridized carbons (Fsp3) is 0.647. The first-order valence-electron chi connectivity index (χ1n) is 7.58. The van der Waals surface area contributed by atoms with Gasteiger partial charge in [0.15, 0.2) is 0 Å². The summed E-state index contributed by atoms with van der Waals surface area (Å²) in [6, 6.07) is 4.53. The molecule has 1 aliphatic rings. The van der Waals surface area contributed by atoms with Crippen molar-refractivity contribution in [1.82, 2.24) is 5.32 Å². The van der Waals surface area contributed by atoms with Gasteiger partial charge < -0.3 is 10.2 Å². The van der Waals surface area contributed by atoms with Crippen molar-refractivity contribution < 1.29 is 0 Å². The summed E-state index contributed by atoms with van der Waals surface area (Å²) in [5.74, 6) is 0.913. The second kappa shape index (κ2) is 6.42. The summed E-state index contributed by atoms with van der Waals surface area (Å²) in [4.78, 5) is 2.43. The van der Waals surface area contributed by atoms with Gasteiger partial charge in [0.1, 0.15) is 0 Å². The Morgan fingerprint density at radius 3 is 2.47 bits per heavy atom. The number of hydrogen-bond acceptors (Lipinski definition) is 2. The first-order valence-corrected chi connectivity index (χ1v) is 7.58. The van der Waals surface area contributed by atoms with E-state index in [1.807, 2.05) is 0 Å². The van der Waals surface area contributed by atoms with Crippen molar-refractivity contribution in [2.45, 2.75) is 40.0 Å². The van der Waals surface area contributed by atoms with E-state index in [1.54, 1.807) is 0 Å². The number of hydrogen-bond donors (Lipinski definition) is 1. The van der Waals surface area contributed by atoms with Crippen LogP contribution in [0.5, 0.6) is 0 Å². The lowest BCUT2D eigenvalue weighted by atomic mass is 9.94. The van der Waals surface area contributed by atoms with Crippen molar-refractivity contribution in [3.8, 4) is 0 Å². The van der Waals surface area contributed by atoms with E-state index in [4.69, 9.17) is 0 Å². The monoisotopic (exact) mass is 260 g/mol. The van der Waals surface area contributed by atoms with Gasteiger partial charge in [0, 0.05) is 19.3 Å². The summed E-state index contributed by atoms with van der Waals surface area (Å²) in [7, 11) is 2.23. The molecule has 1 N–H and O–H groups in total. The van der Waals surface area contributed by atoms with Gasteiger partial charge in [0.05, 0.1) is 0 Å². The number of nitrogens with zero attached hydrogens (tertiary/aromatic N) is 1. The lowest BCUT2D eigenvalue weighted by molar-refractivity contribution is 0.356. The maximum Gasteiger partial charge on any atom is 0.0396 e. The molecule has 0 atom stereocenters. The van der Waals surface area contributed by atoms with E-state index in [0.29, 0.717) is 0 Å². The maximum atomic E-state index is 3.44. The molecular weight excluding hydrogens is 232 g/mol. The Morgan fingerprint density at radius 2 is 1.79 bits per heavy atom. The molecule has 0 bridgehead atoms. The van der Waals surface area contributed by atoms with E-state index in [9.17, 15) is 0 Å². The lowest BCUT2D eigenvalue weighted by Gasteiger charge is -2.27. The van der Waals surface area contributed by atoms with E-state index in [2.05, 4.69) is 50.2 Å². The van der Waals surface area contributed by atoms with Crippen molar-refractivity contribution in [2.24, 2.45) is 5.92 Å². The smallest absolute Gasteiger partial charge is 0.0396 e. The van der Waals surface area contributed by atoms with E-state index in [0.717, 1.165) is 5.92 Å². The van der Waals surface area contributed by atoms with Crippen LogP contribution in [0.15, 0.2) is 12.1 Å². The maximum absolute atomic E-state index is 3.44. The first kappa shape index (κ1) is 14.4. The molecule has 2 nitrogen and oxygen atoms in total. The van der Waals surface area contributed by atoms with E-state index in [1.165, 1.54) is 61.3 Å². The molecule has 1 aliphatic heterocycles. The number of nitrogens with one attached hydrogen (secondary N) is 1. The second-order valence-electron chi connectivity index (χ2n) is 6.06.